The Kier molecular flexibility index (Phi) is 6.58. The Bertz CT molecular complexity index is 1100. The topological polar surface area (TPSA) is 98.4 Å². The molecule has 0 atom stereocenters. The number of nitrogens with one attached hydrogen (secondary N) is 2. The molecule has 0 unspecified atom stereocenters. The molecule has 0 bridgehead atoms. The van der Waals surface area contributed by atoms with E-state index in [1.807, 2.05) is 26.0 Å². The molecule has 1 aliphatic carbocycles. The van der Waals surface area contributed by atoms with E-state index in [4.69, 9.17) is 9.15 Å². The Morgan fingerprint density at radius 3 is 2.78 bits per heavy atom. The maximum atomic E-state index is 12.5. The highest BCUT2D eigenvalue weighted by Gasteiger charge is 2.18. The first-order valence-electron chi connectivity index (χ1n) is 10.9. The van der Waals surface area contributed by atoms with Gasteiger partial charge < -0.3 is 19.8 Å². The molecular formula is C24H28N4O4. The van der Waals surface area contributed by atoms with Crippen LogP contribution in [0.2, 0.25) is 0 Å². The van der Waals surface area contributed by atoms with Gasteiger partial charge in [-0.25, -0.2) is 0 Å². The average molecular weight is 437 g/mol. The predicted molar refractivity (Wildman–Crippen MR) is 120 cm³/mol. The highest BCUT2D eigenvalue weighted by atomic mass is 16.5. The smallest absolute Gasteiger partial charge is 0.291 e. The molecule has 8 heteroatoms. The minimum atomic E-state index is -0.391. The van der Waals surface area contributed by atoms with E-state index >= 15 is 0 Å². The summed E-state index contributed by atoms with van der Waals surface area (Å²) in [5.74, 6) is 1.04. The summed E-state index contributed by atoms with van der Waals surface area (Å²) >= 11 is 0. The number of carbonyl (C=O) groups is 2. The number of hydrogen-bond donors (Lipinski definition) is 2. The minimum absolute atomic E-state index is 0.0719. The molecule has 3 aromatic rings. The molecule has 0 saturated heterocycles. The number of amides is 2. The molecule has 8 nitrogen and oxygen atoms in total. The second kappa shape index (κ2) is 9.72. The minimum Gasteiger partial charge on any atom is -0.485 e. The summed E-state index contributed by atoms with van der Waals surface area (Å²) in [6.07, 6.45) is 7.53. The molecule has 2 amide bonds. The van der Waals surface area contributed by atoms with Crippen LogP contribution in [0.25, 0.3) is 0 Å². The molecule has 1 aliphatic rings. The van der Waals surface area contributed by atoms with Gasteiger partial charge in [-0.2, -0.15) is 5.10 Å². The van der Waals surface area contributed by atoms with Crippen molar-refractivity contribution >= 4 is 17.5 Å². The van der Waals surface area contributed by atoms with Crippen molar-refractivity contribution in [1.29, 1.82) is 0 Å². The van der Waals surface area contributed by atoms with Crippen LogP contribution in [0.15, 0.2) is 47.1 Å². The van der Waals surface area contributed by atoms with Crippen LogP contribution in [0.5, 0.6) is 5.75 Å². The lowest BCUT2D eigenvalue weighted by Crippen LogP contribution is -2.35. The van der Waals surface area contributed by atoms with E-state index in [9.17, 15) is 9.59 Å². The number of aryl methyl sites for hydroxylation is 2. The molecule has 0 aliphatic heterocycles. The van der Waals surface area contributed by atoms with Gasteiger partial charge in [-0.05, 0) is 50.5 Å². The molecule has 4 rings (SSSR count). The molecule has 2 heterocycles. The number of hydrogen-bond acceptors (Lipinski definition) is 5. The lowest BCUT2D eigenvalue weighted by Gasteiger charge is -2.11. The van der Waals surface area contributed by atoms with E-state index in [1.165, 1.54) is 16.4 Å². The van der Waals surface area contributed by atoms with Gasteiger partial charge in [0.05, 0.1) is 11.9 Å². The Morgan fingerprint density at radius 1 is 1.19 bits per heavy atom. The van der Waals surface area contributed by atoms with Gasteiger partial charge in [0.2, 0.25) is 5.91 Å². The number of benzene rings is 1. The van der Waals surface area contributed by atoms with E-state index in [1.54, 1.807) is 18.3 Å². The van der Waals surface area contributed by atoms with E-state index in [0.717, 1.165) is 37.0 Å². The Hall–Kier alpha value is -3.55. The number of rotatable bonds is 8. The quantitative estimate of drug-likeness (QED) is 0.557. The zero-order chi connectivity index (χ0) is 22.5. The third-order valence-electron chi connectivity index (χ3n) is 5.50. The van der Waals surface area contributed by atoms with Crippen LogP contribution in [-0.4, -0.2) is 27.6 Å². The van der Waals surface area contributed by atoms with E-state index in [0.29, 0.717) is 11.4 Å². The van der Waals surface area contributed by atoms with Crippen LogP contribution in [0.1, 0.15) is 53.1 Å². The fraction of sp³-hybridized carbons (Fsp3) is 0.375. The first kappa shape index (κ1) is 21.7. The molecule has 1 fully saturated rings. The first-order valence-corrected chi connectivity index (χ1v) is 10.9. The first-order chi connectivity index (χ1) is 15.5. The summed E-state index contributed by atoms with van der Waals surface area (Å²) in [5, 5.41) is 9.91. The number of nitrogens with zero attached hydrogens (tertiary/aromatic N) is 2. The van der Waals surface area contributed by atoms with Crippen molar-refractivity contribution in [3.8, 4) is 5.75 Å². The molecule has 1 aromatic carbocycles. The van der Waals surface area contributed by atoms with Crippen molar-refractivity contribution in [2.24, 2.45) is 0 Å². The normalized spacial score (nSPS) is 13.8. The zero-order valence-corrected chi connectivity index (χ0v) is 18.4. The third-order valence-corrected chi connectivity index (χ3v) is 5.50. The second-order valence-electron chi connectivity index (χ2n) is 8.25. The number of anilines is 1. The monoisotopic (exact) mass is 436 g/mol. The average Bonchev–Trinajstić information content (AvgIpc) is 3.50. The molecular weight excluding hydrogens is 408 g/mol. The molecule has 0 spiro atoms. The van der Waals surface area contributed by atoms with Crippen LogP contribution in [0, 0.1) is 13.8 Å². The van der Waals surface area contributed by atoms with Crippen molar-refractivity contribution in [3.05, 3.63) is 65.4 Å². The summed E-state index contributed by atoms with van der Waals surface area (Å²) in [7, 11) is 0. The SMILES string of the molecule is Cc1ccc(OCc2ccc(C(=O)Nc3cnn(CC(=O)NC4CCCC4)c3)o2)c(C)c1. The highest BCUT2D eigenvalue weighted by molar-refractivity contribution is 6.02. The molecule has 32 heavy (non-hydrogen) atoms. The van der Waals surface area contributed by atoms with E-state index in [2.05, 4.69) is 21.8 Å². The van der Waals surface area contributed by atoms with Crippen molar-refractivity contribution in [1.82, 2.24) is 15.1 Å². The molecule has 168 valence electrons. The number of ether oxygens (including phenoxy) is 1. The summed E-state index contributed by atoms with van der Waals surface area (Å²) in [6.45, 7) is 4.36. The van der Waals surface area contributed by atoms with Crippen LogP contribution in [0.3, 0.4) is 0 Å². The number of carbonyl (C=O) groups excluding carboxylic acids is 2. The van der Waals surface area contributed by atoms with Gasteiger partial charge in [-0.3, -0.25) is 14.3 Å². The lowest BCUT2D eigenvalue weighted by molar-refractivity contribution is -0.122. The van der Waals surface area contributed by atoms with Crippen LogP contribution in [-0.2, 0) is 17.9 Å². The Balaban J connectivity index is 1.28. The van der Waals surface area contributed by atoms with Crippen LogP contribution >= 0.6 is 0 Å². The highest BCUT2D eigenvalue weighted by Crippen LogP contribution is 2.21. The van der Waals surface area contributed by atoms with Crippen molar-refractivity contribution in [2.45, 2.75) is 58.7 Å². The Labute approximate surface area is 186 Å². The third kappa shape index (κ3) is 5.57. The van der Waals surface area contributed by atoms with Crippen molar-refractivity contribution in [3.63, 3.8) is 0 Å². The number of furan rings is 1. The van der Waals surface area contributed by atoms with Gasteiger partial charge in [-0.15, -0.1) is 0 Å². The fourth-order valence-electron chi connectivity index (χ4n) is 3.89. The largest absolute Gasteiger partial charge is 0.485 e. The zero-order valence-electron chi connectivity index (χ0n) is 18.4. The summed E-state index contributed by atoms with van der Waals surface area (Å²) in [5.41, 5.74) is 2.71. The second-order valence-corrected chi connectivity index (χ2v) is 8.25. The maximum absolute atomic E-state index is 12.5. The maximum Gasteiger partial charge on any atom is 0.291 e. The van der Waals surface area contributed by atoms with Gasteiger partial charge in [0.15, 0.2) is 5.76 Å². The van der Waals surface area contributed by atoms with E-state index < -0.39 is 5.91 Å². The van der Waals surface area contributed by atoms with Gasteiger partial charge in [0.25, 0.3) is 5.91 Å². The van der Waals surface area contributed by atoms with Gasteiger partial charge in [-0.1, -0.05) is 30.5 Å². The number of aromatic nitrogens is 2. The molecule has 2 N–H and O–H groups in total. The van der Waals surface area contributed by atoms with Crippen molar-refractivity contribution < 1.29 is 18.7 Å². The lowest BCUT2D eigenvalue weighted by atomic mass is 10.1. The predicted octanol–water partition coefficient (Wildman–Crippen LogP) is 3.98. The fourth-order valence-corrected chi connectivity index (χ4v) is 3.89. The summed E-state index contributed by atoms with van der Waals surface area (Å²) < 4.78 is 12.9. The van der Waals surface area contributed by atoms with E-state index in [-0.39, 0.29) is 30.9 Å². The Morgan fingerprint density at radius 2 is 2.00 bits per heavy atom. The molecule has 0 radical (unpaired) electrons. The molecule has 1 saturated carbocycles. The van der Waals surface area contributed by atoms with Crippen molar-refractivity contribution in [2.75, 3.05) is 5.32 Å². The van der Waals surface area contributed by atoms with Crippen LogP contribution < -0.4 is 15.4 Å². The molecule has 2 aromatic heterocycles. The van der Waals surface area contributed by atoms with Gasteiger partial charge >= 0.3 is 0 Å². The van der Waals surface area contributed by atoms with Gasteiger partial charge in [0, 0.05) is 12.2 Å². The summed E-state index contributed by atoms with van der Waals surface area (Å²) in [6, 6.07) is 9.55. The van der Waals surface area contributed by atoms with Gasteiger partial charge in [0.1, 0.15) is 24.7 Å². The summed E-state index contributed by atoms with van der Waals surface area (Å²) in [4.78, 5) is 24.6. The standard InChI is InChI=1S/C24H28N4O4/c1-16-7-9-21(17(2)11-16)31-15-20-8-10-22(32-20)24(30)27-19-12-25-28(13-19)14-23(29)26-18-5-3-4-6-18/h7-13,18H,3-6,14-15H2,1-2H3,(H,26,29)(H,27,30). The van der Waals surface area contributed by atoms with Crippen LogP contribution in [0.4, 0.5) is 5.69 Å².